The smallest absolute Gasteiger partial charge is 0.320 e. The van der Waals surface area contributed by atoms with E-state index >= 15 is 0 Å². The maximum atomic E-state index is 13.6. The van der Waals surface area contributed by atoms with E-state index in [1.807, 2.05) is 4.90 Å². The molecule has 2 heterocycles. The van der Waals surface area contributed by atoms with Crippen molar-refractivity contribution in [3.63, 3.8) is 0 Å². The quantitative estimate of drug-likeness (QED) is 0.864. The van der Waals surface area contributed by atoms with Crippen LogP contribution in [0.2, 0.25) is 0 Å². The van der Waals surface area contributed by atoms with E-state index in [4.69, 9.17) is 4.74 Å². The third-order valence-corrected chi connectivity index (χ3v) is 4.49. The van der Waals surface area contributed by atoms with Crippen LogP contribution < -0.4 is 5.32 Å². The number of rotatable bonds is 3. The molecule has 2 fully saturated rings. The van der Waals surface area contributed by atoms with Crippen molar-refractivity contribution in [2.45, 2.75) is 0 Å². The number of carbonyl (C=O) groups excluding carboxylic acids is 2. The monoisotopic (exact) mass is 368 g/mol. The molecule has 0 aliphatic carbocycles. The van der Waals surface area contributed by atoms with Gasteiger partial charge in [-0.3, -0.25) is 9.69 Å². The fourth-order valence-electron chi connectivity index (χ4n) is 3.04. The summed E-state index contributed by atoms with van der Waals surface area (Å²) >= 11 is 0. The molecule has 0 saturated carbocycles. The first-order valence-electron chi connectivity index (χ1n) is 8.62. The Morgan fingerprint density at radius 3 is 2.35 bits per heavy atom. The molecule has 1 aromatic rings. The summed E-state index contributed by atoms with van der Waals surface area (Å²) in [6.07, 6.45) is 0. The van der Waals surface area contributed by atoms with Gasteiger partial charge in [0.25, 0.3) is 0 Å². The first-order chi connectivity index (χ1) is 12.5. The van der Waals surface area contributed by atoms with Crippen molar-refractivity contribution in [2.75, 3.05) is 64.3 Å². The molecule has 0 atom stereocenters. The number of urea groups is 1. The van der Waals surface area contributed by atoms with E-state index in [9.17, 15) is 18.4 Å². The molecule has 0 spiro atoms. The van der Waals surface area contributed by atoms with Gasteiger partial charge in [-0.1, -0.05) is 0 Å². The molecule has 0 unspecified atom stereocenters. The Balaban J connectivity index is 1.45. The lowest BCUT2D eigenvalue weighted by molar-refractivity contribution is -0.117. The highest BCUT2D eigenvalue weighted by Gasteiger charge is 2.27. The number of carbonyl (C=O) groups is 2. The van der Waals surface area contributed by atoms with Crippen LogP contribution in [0.1, 0.15) is 0 Å². The number of nitrogens with one attached hydrogen (secondary N) is 1. The zero-order chi connectivity index (χ0) is 18.5. The standard InChI is InChI=1S/C17H22F2N4O3/c18-13-1-2-14(19)15(11-13)20-16(24)12-21-3-5-22(6-4-21)17(25)23-7-9-26-10-8-23/h1-2,11H,3-10,12H2,(H,20,24). The molecule has 0 bridgehead atoms. The Kier molecular flexibility index (Phi) is 6.00. The minimum absolute atomic E-state index is 0.000710. The van der Waals surface area contributed by atoms with Crippen molar-refractivity contribution in [3.05, 3.63) is 29.8 Å². The minimum Gasteiger partial charge on any atom is -0.378 e. The maximum Gasteiger partial charge on any atom is 0.320 e. The highest BCUT2D eigenvalue weighted by molar-refractivity contribution is 5.92. The second kappa shape index (κ2) is 8.41. The summed E-state index contributed by atoms with van der Waals surface area (Å²) in [5, 5.41) is 2.39. The molecule has 0 radical (unpaired) electrons. The Hall–Kier alpha value is -2.26. The molecular weight excluding hydrogens is 346 g/mol. The molecule has 2 aliphatic heterocycles. The highest BCUT2D eigenvalue weighted by atomic mass is 19.1. The number of anilines is 1. The van der Waals surface area contributed by atoms with Gasteiger partial charge in [-0.2, -0.15) is 0 Å². The van der Waals surface area contributed by atoms with Gasteiger partial charge >= 0.3 is 6.03 Å². The van der Waals surface area contributed by atoms with Crippen LogP contribution in [-0.2, 0) is 9.53 Å². The van der Waals surface area contributed by atoms with Gasteiger partial charge in [-0.05, 0) is 12.1 Å². The number of halogens is 2. The molecule has 2 saturated heterocycles. The largest absolute Gasteiger partial charge is 0.378 e. The van der Waals surface area contributed by atoms with E-state index in [1.54, 1.807) is 9.80 Å². The average Bonchev–Trinajstić information content (AvgIpc) is 2.65. The summed E-state index contributed by atoms with van der Waals surface area (Å²) < 4.78 is 32.0. The molecule has 1 aromatic carbocycles. The van der Waals surface area contributed by atoms with Crippen LogP contribution in [0.4, 0.5) is 19.3 Å². The molecule has 9 heteroatoms. The molecule has 1 N–H and O–H groups in total. The molecule has 3 rings (SSSR count). The van der Waals surface area contributed by atoms with Crippen LogP contribution in [0, 0.1) is 11.6 Å². The van der Waals surface area contributed by atoms with E-state index in [2.05, 4.69) is 5.32 Å². The zero-order valence-corrected chi connectivity index (χ0v) is 14.4. The fourth-order valence-corrected chi connectivity index (χ4v) is 3.04. The van der Waals surface area contributed by atoms with Crippen molar-refractivity contribution in [2.24, 2.45) is 0 Å². The van der Waals surface area contributed by atoms with Crippen molar-refractivity contribution < 1.29 is 23.1 Å². The number of nitrogens with zero attached hydrogens (tertiary/aromatic N) is 3. The number of benzene rings is 1. The van der Waals surface area contributed by atoms with Gasteiger partial charge in [0.1, 0.15) is 11.6 Å². The predicted octanol–water partition coefficient (Wildman–Crippen LogP) is 0.973. The Morgan fingerprint density at radius 2 is 1.65 bits per heavy atom. The first-order valence-corrected chi connectivity index (χ1v) is 8.62. The molecule has 26 heavy (non-hydrogen) atoms. The lowest BCUT2D eigenvalue weighted by Gasteiger charge is -2.38. The van der Waals surface area contributed by atoms with Crippen molar-refractivity contribution in [1.82, 2.24) is 14.7 Å². The second-order valence-electron chi connectivity index (χ2n) is 6.32. The van der Waals surface area contributed by atoms with Gasteiger partial charge in [0.05, 0.1) is 25.4 Å². The van der Waals surface area contributed by atoms with Gasteiger partial charge in [-0.15, -0.1) is 0 Å². The van der Waals surface area contributed by atoms with Gasteiger partial charge in [0.2, 0.25) is 5.91 Å². The average molecular weight is 368 g/mol. The van der Waals surface area contributed by atoms with Gasteiger partial charge in [-0.25, -0.2) is 13.6 Å². The molecule has 7 nitrogen and oxygen atoms in total. The summed E-state index contributed by atoms with van der Waals surface area (Å²) in [5.74, 6) is -1.71. The minimum atomic E-state index is -0.680. The third kappa shape index (κ3) is 4.67. The van der Waals surface area contributed by atoms with Gasteiger partial charge in [0, 0.05) is 45.3 Å². The normalized spacial score (nSPS) is 18.7. The van der Waals surface area contributed by atoms with E-state index < -0.39 is 17.5 Å². The van der Waals surface area contributed by atoms with Crippen LogP contribution in [0.5, 0.6) is 0 Å². The summed E-state index contributed by atoms with van der Waals surface area (Å²) in [5.41, 5.74) is -0.170. The van der Waals surface area contributed by atoms with Crippen molar-refractivity contribution in [1.29, 1.82) is 0 Å². The third-order valence-electron chi connectivity index (χ3n) is 4.49. The number of hydrogen-bond donors (Lipinski definition) is 1. The summed E-state index contributed by atoms with van der Waals surface area (Å²) in [7, 11) is 0. The predicted molar refractivity (Wildman–Crippen MR) is 90.8 cm³/mol. The molecule has 142 valence electrons. The lowest BCUT2D eigenvalue weighted by atomic mass is 10.2. The molecular formula is C17H22F2N4O3. The van der Waals surface area contributed by atoms with Gasteiger partial charge < -0.3 is 19.9 Å². The van der Waals surface area contributed by atoms with E-state index in [-0.39, 0.29) is 18.3 Å². The Labute approximate surface area is 150 Å². The van der Waals surface area contributed by atoms with E-state index in [0.29, 0.717) is 52.5 Å². The van der Waals surface area contributed by atoms with Crippen LogP contribution in [0.3, 0.4) is 0 Å². The van der Waals surface area contributed by atoms with Crippen molar-refractivity contribution >= 4 is 17.6 Å². The van der Waals surface area contributed by atoms with E-state index in [1.165, 1.54) is 0 Å². The summed E-state index contributed by atoms with van der Waals surface area (Å²) in [6, 6.07) is 2.92. The Bertz CT molecular complexity index is 659. The number of amides is 3. The fraction of sp³-hybridized carbons (Fsp3) is 0.529. The second-order valence-corrected chi connectivity index (χ2v) is 6.32. The Morgan fingerprint density at radius 1 is 1.00 bits per heavy atom. The zero-order valence-electron chi connectivity index (χ0n) is 14.4. The first kappa shape index (κ1) is 18.5. The highest BCUT2D eigenvalue weighted by Crippen LogP contribution is 2.15. The van der Waals surface area contributed by atoms with Crippen LogP contribution in [0.25, 0.3) is 0 Å². The summed E-state index contributed by atoms with van der Waals surface area (Å²) in [4.78, 5) is 29.9. The topological polar surface area (TPSA) is 65.1 Å². The molecule has 2 aliphatic rings. The van der Waals surface area contributed by atoms with Gasteiger partial charge in [0.15, 0.2) is 0 Å². The lowest BCUT2D eigenvalue weighted by Crippen LogP contribution is -2.55. The van der Waals surface area contributed by atoms with Crippen molar-refractivity contribution in [3.8, 4) is 0 Å². The maximum absolute atomic E-state index is 13.6. The number of ether oxygens (including phenoxy) is 1. The van der Waals surface area contributed by atoms with E-state index in [0.717, 1.165) is 18.2 Å². The van der Waals surface area contributed by atoms with Crippen LogP contribution in [0.15, 0.2) is 18.2 Å². The van der Waals surface area contributed by atoms with Crippen LogP contribution >= 0.6 is 0 Å². The number of hydrogen-bond acceptors (Lipinski definition) is 4. The SMILES string of the molecule is O=C(CN1CCN(C(=O)N2CCOCC2)CC1)Nc1cc(F)ccc1F. The number of piperazine rings is 1. The summed E-state index contributed by atoms with van der Waals surface area (Å²) in [6.45, 7) is 4.53. The molecule has 0 aromatic heterocycles. The van der Waals surface area contributed by atoms with Crippen LogP contribution in [-0.4, -0.2) is 85.7 Å². The number of morpholine rings is 1. The molecule has 3 amide bonds.